The topological polar surface area (TPSA) is 43.1 Å². The van der Waals surface area contributed by atoms with Crippen molar-refractivity contribution in [3.05, 3.63) is 53.4 Å². The van der Waals surface area contributed by atoms with Crippen LogP contribution in [0.1, 0.15) is 15.9 Å². The number of furan rings is 1. The van der Waals surface area contributed by atoms with Crippen molar-refractivity contribution in [1.29, 1.82) is 0 Å². The van der Waals surface area contributed by atoms with E-state index < -0.39 is 0 Å². The highest BCUT2D eigenvalue weighted by molar-refractivity contribution is 7.17. The van der Waals surface area contributed by atoms with Gasteiger partial charge in [-0.15, -0.1) is 11.3 Å². The quantitative estimate of drug-likeness (QED) is 0.634. The first-order valence-corrected chi connectivity index (χ1v) is 5.63. The summed E-state index contributed by atoms with van der Waals surface area (Å²) in [6, 6.07) is 5.45. The van der Waals surface area contributed by atoms with Crippen molar-refractivity contribution in [2.24, 2.45) is 0 Å². The van der Waals surface area contributed by atoms with Gasteiger partial charge in [0, 0.05) is 11.8 Å². The summed E-state index contributed by atoms with van der Waals surface area (Å²) in [5, 5.41) is 1.96. The average Bonchev–Trinajstić information content (AvgIpc) is 2.98. The lowest BCUT2D eigenvalue weighted by molar-refractivity contribution is 0.103. The molecule has 0 spiro atoms. The van der Waals surface area contributed by atoms with E-state index in [0.29, 0.717) is 11.1 Å². The number of hydrogen-bond acceptors (Lipinski definition) is 4. The minimum absolute atomic E-state index is 0.0587. The van der Waals surface area contributed by atoms with Gasteiger partial charge < -0.3 is 4.42 Å². The maximum atomic E-state index is 12.0. The number of hydrogen-bond donors (Lipinski definition) is 0. The van der Waals surface area contributed by atoms with Gasteiger partial charge in [0.05, 0.1) is 22.0 Å². The van der Waals surface area contributed by atoms with E-state index in [9.17, 15) is 4.79 Å². The highest BCUT2D eigenvalue weighted by Crippen LogP contribution is 2.21. The number of carbonyl (C=O) groups excluding carboxylic acids is 1. The Kier molecular flexibility index (Phi) is 2.08. The molecule has 0 saturated heterocycles. The molecule has 0 radical (unpaired) electrons. The molecule has 3 nitrogen and oxygen atoms in total. The Morgan fingerprint density at radius 3 is 3.06 bits per heavy atom. The van der Waals surface area contributed by atoms with Crippen molar-refractivity contribution < 1.29 is 9.21 Å². The number of thiophene rings is 1. The van der Waals surface area contributed by atoms with Gasteiger partial charge in [-0.1, -0.05) is 0 Å². The van der Waals surface area contributed by atoms with E-state index in [1.54, 1.807) is 23.6 Å². The zero-order chi connectivity index (χ0) is 11.0. The van der Waals surface area contributed by atoms with E-state index in [4.69, 9.17) is 4.42 Å². The highest BCUT2D eigenvalue weighted by Gasteiger charge is 2.11. The normalized spacial score (nSPS) is 10.8. The Bertz CT molecular complexity index is 640. The van der Waals surface area contributed by atoms with Crippen LogP contribution in [0.4, 0.5) is 0 Å². The monoisotopic (exact) mass is 229 g/mol. The molecule has 0 aliphatic heterocycles. The zero-order valence-corrected chi connectivity index (χ0v) is 9.03. The summed E-state index contributed by atoms with van der Waals surface area (Å²) in [5.41, 5.74) is 2.07. The van der Waals surface area contributed by atoms with Gasteiger partial charge in [0.2, 0.25) is 0 Å². The summed E-state index contributed by atoms with van der Waals surface area (Å²) in [7, 11) is 0. The third kappa shape index (κ3) is 1.44. The van der Waals surface area contributed by atoms with E-state index in [1.165, 1.54) is 12.5 Å². The average molecular weight is 229 g/mol. The van der Waals surface area contributed by atoms with Gasteiger partial charge in [-0.3, -0.25) is 9.78 Å². The molecule has 0 aliphatic rings. The van der Waals surface area contributed by atoms with Gasteiger partial charge in [-0.2, -0.15) is 0 Å². The van der Waals surface area contributed by atoms with Crippen LogP contribution in [-0.4, -0.2) is 10.8 Å². The Labute approximate surface area is 95.4 Å². The number of rotatable bonds is 2. The molecule has 3 heterocycles. The molecule has 0 unspecified atom stereocenters. The Morgan fingerprint density at radius 2 is 2.25 bits per heavy atom. The lowest BCUT2D eigenvalue weighted by Crippen LogP contribution is -1.99. The summed E-state index contributed by atoms with van der Waals surface area (Å²) < 4.78 is 5.91. The molecular formula is C12H7NO2S. The van der Waals surface area contributed by atoms with E-state index in [-0.39, 0.29) is 5.78 Å². The van der Waals surface area contributed by atoms with Crippen LogP contribution in [0.15, 0.2) is 46.7 Å². The smallest absolute Gasteiger partial charge is 0.197 e. The van der Waals surface area contributed by atoms with E-state index >= 15 is 0 Å². The maximum Gasteiger partial charge on any atom is 0.197 e. The fraction of sp³-hybridized carbons (Fsp3) is 0. The standard InChI is InChI=1S/C12H7NO2S/c14-12(8-1-3-15-7-8)9-5-11-10(13-6-9)2-4-16-11/h1-7H. The maximum absolute atomic E-state index is 12.0. The van der Waals surface area contributed by atoms with Gasteiger partial charge in [-0.25, -0.2) is 0 Å². The predicted octanol–water partition coefficient (Wildman–Crippen LogP) is 3.12. The SMILES string of the molecule is O=C(c1ccoc1)c1cnc2ccsc2c1. The Balaban J connectivity index is 2.09. The van der Waals surface area contributed by atoms with Crippen LogP contribution in [0.25, 0.3) is 10.2 Å². The minimum Gasteiger partial charge on any atom is -0.472 e. The summed E-state index contributed by atoms with van der Waals surface area (Å²) in [4.78, 5) is 16.2. The number of ketones is 1. The molecule has 0 N–H and O–H groups in total. The summed E-state index contributed by atoms with van der Waals surface area (Å²) in [6.07, 6.45) is 4.54. The van der Waals surface area contributed by atoms with Crippen molar-refractivity contribution in [3.8, 4) is 0 Å². The van der Waals surface area contributed by atoms with Crippen LogP contribution >= 0.6 is 11.3 Å². The molecule has 16 heavy (non-hydrogen) atoms. The highest BCUT2D eigenvalue weighted by atomic mass is 32.1. The van der Waals surface area contributed by atoms with Gasteiger partial charge in [0.1, 0.15) is 6.26 Å². The third-order valence-electron chi connectivity index (χ3n) is 2.35. The van der Waals surface area contributed by atoms with Crippen LogP contribution in [-0.2, 0) is 0 Å². The number of fused-ring (bicyclic) bond motifs is 1. The van der Waals surface area contributed by atoms with Gasteiger partial charge in [0.25, 0.3) is 0 Å². The largest absolute Gasteiger partial charge is 0.472 e. The fourth-order valence-corrected chi connectivity index (χ4v) is 2.31. The lowest BCUT2D eigenvalue weighted by atomic mass is 10.1. The van der Waals surface area contributed by atoms with Crippen molar-refractivity contribution in [1.82, 2.24) is 4.98 Å². The summed E-state index contributed by atoms with van der Waals surface area (Å²) >= 11 is 1.58. The third-order valence-corrected chi connectivity index (χ3v) is 3.20. The van der Waals surface area contributed by atoms with Crippen molar-refractivity contribution in [2.45, 2.75) is 0 Å². The number of aromatic nitrogens is 1. The number of carbonyl (C=O) groups is 1. The number of nitrogens with zero attached hydrogens (tertiary/aromatic N) is 1. The molecule has 78 valence electrons. The zero-order valence-electron chi connectivity index (χ0n) is 8.21. The van der Waals surface area contributed by atoms with Gasteiger partial charge in [-0.05, 0) is 23.6 Å². The lowest BCUT2D eigenvalue weighted by Gasteiger charge is -1.97. The molecule has 0 fully saturated rings. The minimum atomic E-state index is -0.0587. The van der Waals surface area contributed by atoms with Crippen molar-refractivity contribution in [2.75, 3.05) is 0 Å². The van der Waals surface area contributed by atoms with Crippen LogP contribution in [0.5, 0.6) is 0 Å². The molecule has 3 aromatic heterocycles. The van der Waals surface area contributed by atoms with Crippen molar-refractivity contribution >= 4 is 27.3 Å². The van der Waals surface area contributed by atoms with E-state index in [1.807, 2.05) is 17.5 Å². The molecule has 3 rings (SSSR count). The Hall–Kier alpha value is -1.94. The number of pyridine rings is 1. The molecule has 0 amide bonds. The van der Waals surface area contributed by atoms with E-state index in [2.05, 4.69) is 4.98 Å². The molecule has 0 bridgehead atoms. The predicted molar refractivity (Wildman–Crippen MR) is 61.8 cm³/mol. The Morgan fingerprint density at radius 1 is 1.31 bits per heavy atom. The molecular weight excluding hydrogens is 222 g/mol. The summed E-state index contributed by atoms with van der Waals surface area (Å²) in [5.74, 6) is -0.0587. The first kappa shape index (κ1) is 9.30. The first-order valence-electron chi connectivity index (χ1n) is 4.75. The molecule has 0 aromatic carbocycles. The fourth-order valence-electron chi connectivity index (χ4n) is 1.53. The van der Waals surface area contributed by atoms with Crippen LogP contribution < -0.4 is 0 Å². The second-order valence-electron chi connectivity index (χ2n) is 3.37. The molecule has 0 aliphatic carbocycles. The van der Waals surface area contributed by atoms with Crippen LogP contribution in [0.3, 0.4) is 0 Å². The molecule has 0 atom stereocenters. The molecule has 4 heteroatoms. The van der Waals surface area contributed by atoms with E-state index in [0.717, 1.165) is 10.2 Å². The second-order valence-corrected chi connectivity index (χ2v) is 4.32. The van der Waals surface area contributed by atoms with Gasteiger partial charge >= 0.3 is 0 Å². The van der Waals surface area contributed by atoms with Crippen molar-refractivity contribution in [3.63, 3.8) is 0 Å². The summed E-state index contributed by atoms with van der Waals surface area (Å²) in [6.45, 7) is 0. The molecule has 3 aromatic rings. The van der Waals surface area contributed by atoms with Gasteiger partial charge in [0.15, 0.2) is 5.78 Å². The first-order chi connectivity index (χ1) is 7.84. The molecule has 0 saturated carbocycles. The van der Waals surface area contributed by atoms with Crippen LogP contribution in [0, 0.1) is 0 Å². The second kappa shape index (κ2) is 3.57. The van der Waals surface area contributed by atoms with Crippen LogP contribution in [0.2, 0.25) is 0 Å².